The SMILES string of the molecule is CNC1CCN(C(C)C(C)C)C(C)C1. The van der Waals surface area contributed by atoms with E-state index < -0.39 is 0 Å². The maximum atomic E-state index is 3.40. The number of rotatable bonds is 3. The molecule has 0 aromatic heterocycles. The van der Waals surface area contributed by atoms with Crippen LogP contribution in [0.3, 0.4) is 0 Å². The van der Waals surface area contributed by atoms with Crippen molar-refractivity contribution in [2.24, 2.45) is 5.92 Å². The Bertz CT molecular complexity index is 168. The zero-order valence-electron chi connectivity index (χ0n) is 10.4. The fraction of sp³-hybridized carbons (Fsp3) is 1.00. The zero-order valence-corrected chi connectivity index (χ0v) is 10.4. The maximum absolute atomic E-state index is 3.40. The van der Waals surface area contributed by atoms with Gasteiger partial charge in [-0.25, -0.2) is 0 Å². The molecule has 0 aromatic carbocycles. The highest BCUT2D eigenvalue weighted by molar-refractivity contribution is 4.85. The Morgan fingerprint density at radius 1 is 1.29 bits per heavy atom. The lowest BCUT2D eigenvalue weighted by atomic mass is 9.94. The van der Waals surface area contributed by atoms with Crippen LogP contribution in [0, 0.1) is 5.92 Å². The van der Waals surface area contributed by atoms with E-state index in [0.29, 0.717) is 0 Å². The zero-order chi connectivity index (χ0) is 10.7. The van der Waals surface area contributed by atoms with Gasteiger partial charge in [0.2, 0.25) is 0 Å². The highest BCUT2D eigenvalue weighted by Gasteiger charge is 2.28. The van der Waals surface area contributed by atoms with Crippen LogP contribution < -0.4 is 5.32 Å². The van der Waals surface area contributed by atoms with Crippen LogP contribution in [0.5, 0.6) is 0 Å². The minimum Gasteiger partial charge on any atom is -0.317 e. The van der Waals surface area contributed by atoms with Crippen LogP contribution in [-0.2, 0) is 0 Å². The lowest BCUT2D eigenvalue weighted by Crippen LogP contribution is -2.51. The second kappa shape index (κ2) is 5.13. The first kappa shape index (κ1) is 12.0. The van der Waals surface area contributed by atoms with E-state index in [1.807, 2.05) is 0 Å². The Hall–Kier alpha value is -0.0800. The van der Waals surface area contributed by atoms with Gasteiger partial charge >= 0.3 is 0 Å². The molecule has 2 heteroatoms. The summed E-state index contributed by atoms with van der Waals surface area (Å²) in [4.78, 5) is 2.67. The van der Waals surface area contributed by atoms with Crippen molar-refractivity contribution in [2.75, 3.05) is 13.6 Å². The summed E-state index contributed by atoms with van der Waals surface area (Å²) >= 11 is 0. The quantitative estimate of drug-likeness (QED) is 0.747. The summed E-state index contributed by atoms with van der Waals surface area (Å²) in [5, 5.41) is 3.40. The van der Waals surface area contributed by atoms with Crippen molar-refractivity contribution in [3.8, 4) is 0 Å². The Balaban J connectivity index is 2.49. The smallest absolute Gasteiger partial charge is 0.00927 e. The molecule has 84 valence electrons. The second-order valence-corrected chi connectivity index (χ2v) is 5.08. The normalized spacial score (nSPS) is 32.1. The summed E-state index contributed by atoms with van der Waals surface area (Å²) < 4.78 is 0. The van der Waals surface area contributed by atoms with Crippen molar-refractivity contribution in [2.45, 2.75) is 58.7 Å². The van der Waals surface area contributed by atoms with E-state index in [9.17, 15) is 0 Å². The van der Waals surface area contributed by atoms with Crippen LogP contribution in [-0.4, -0.2) is 36.6 Å². The number of nitrogens with zero attached hydrogens (tertiary/aromatic N) is 1. The fourth-order valence-electron chi connectivity index (χ4n) is 2.44. The molecule has 3 unspecified atom stereocenters. The Morgan fingerprint density at radius 2 is 1.93 bits per heavy atom. The molecule has 0 aliphatic carbocycles. The van der Waals surface area contributed by atoms with Gasteiger partial charge in [0.25, 0.3) is 0 Å². The third-order valence-electron chi connectivity index (χ3n) is 3.82. The number of likely N-dealkylation sites (tertiary alicyclic amines) is 1. The Morgan fingerprint density at radius 3 is 2.36 bits per heavy atom. The van der Waals surface area contributed by atoms with Gasteiger partial charge in [0.15, 0.2) is 0 Å². The van der Waals surface area contributed by atoms with Crippen LogP contribution in [0.4, 0.5) is 0 Å². The molecule has 1 aliphatic rings. The van der Waals surface area contributed by atoms with Gasteiger partial charge in [-0.2, -0.15) is 0 Å². The average molecular weight is 198 g/mol. The van der Waals surface area contributed by atoms with Gasteiger partial charge in [-0.1, -0.05) is 13.8 Å². The summed E-state index contributed by atoms with van der Waals surface area (Å²) in [7, 11) is 2.08. The fourth-order valence-corrected chi connectivity index (χ4v) is 2.44. The molecule has 2 nitrogen and oxygen atoms in total. The first-order valence-electron chi connectivity index (χ1n) is 5.99. The number of piperidine rings is 1. The molecule has 1 heterocycles. The first-order valence-corrected chi connectivity index (χ1v) is 5.99. The summed E-state index contributed by atoms with van der Waals surface area (Å²) in [6.07, 6.45) is 2.60. The van der Waals surface area contributed by atoms with Gasteiger partial charge in [0.1, 0.15) is 0 Å². The van der Waals surface area contributed by atoms with Crippen molar-refractivity contribution in [3.63, 3.8) is 0 Å². The number of nitrogens with one attached hydrogen (secondary N) is 1. The number of hydrogen-bond donors (Lipinski definition) is 1. The molecule has 1 N–H and O–H groups in total. The molecule has 1 fully saturated rings. The highest BCUT2D eigenvalue weighted by atomic mass is 15.2. The van der Waals surface area contributed by atoms with E-state index in [1.165, 1.54) is 19.4 Å². The molecule has 0 amide bonds. The molecular weight excluding hydrogens is 172 g/mol. The van der Waals surface area contributed by atoms with Crippen molar-refractivity contribution >= 4 is 0 Å². The van der Waals surface area contributed by atoms with Gasteiger partial charge in [-0.15, -0.1) is 0 Å². The molecule has 0 radical (unpaired) electrons. The van der Waals surface area contributed by atoms with E-state index in [0.717, 1.165) is 24.0 Å². The van der Waals surface area contributed by atoms with E-state index in [4.69, 9.17) is 0 Å². The molecule has 1 rings (SSSR count). The summed E-state index contributed by atoms with van der Waals surface area (Å²) in [5.74, 6) is 0.767. The summed E-state index contributed by atoms with van der Waals surface area (Å²) in [5.41, 5.74) is 0. The standard InChI is InChI=1S/C12H26N2/c1-9(2)11(4)14-7-6-12(13-5)8-10(14)3/h9-13H,6-8H2,1-5H3. The van der Waals surface area contributed by atoms with E-state index in [2.05, 4.69) is 45.0 Å². The van der Waals surface area contributed by atoms with Crippen LogP contribution in [0.1, 0.15) is 40.5 Å². The van der Waals surface area contributed by atoms with Crippen LogP contribution >= 0.6 is 0 Å². The van der Waals surface area contributed by atoms with Crippen LogP contribution in [0.2, 0.25) is 0 Å². The topological polar surface area (TPSA) is 15.3 Å². The third kappa shape index (κ3) is 2.71. The van der Waals surface area contributed by atoms with Crippen molar-refractivity contribution in [3.05, 3.63) is 0 Å². The summed E-state index contributed by atoms with van der Waals surface area (Å²) in [6, 6.07) is 2.20. The lowest BCUT2D eigenvalue weighted by Gasteiger charge is -2.42. The van der Waals surface area contributed by atoms with Crippen molar-refractivity contribution in [1.82, 2.24) is 10.2 Å². The van der Waals surface area contributed by atoms with E-state index >= 15 is 0 Å². The highest BCUT2D eigenvalue weighted by Crippen LogP contribution is 2.22. The third-order valence-corrected chi connectivity index (χ3v) is 3.82. The molecule has 1 aliphatic heterocycles. The minimum atomic E-state index is 0.725. The van der Waals surface area contributed by atoms with E-state index in [1.54, 1.807) is 0 Å². The van der Waals surface area contributed by atoms with Crippen LogP contribution in [0.25, 0.3) is 0 Å². The van der Waals surface area contributed by atoms with E-state index in [-0.39, 0.29) is 0 Å². The van der Waals surface area contributed by atoms with Gasteiger partial charge < -0.3 is 5.32 Å². The predicted octanol–water partition coefficient (Wildman–Crippen LogP) is 2.10. The summed E-state index contributed by atoms with van der Waals surface area (Å²) in [6.45, 7) is 10.6. The molecule has 0 saturated carbocycles. The van der Waals surface area contributed by atoms with Gasteiger partial charge in [0, 0.05) is 24.7 Å². The molecule has 3 atom stereocenters. The van der Waals surface area contributed by atoms with Crippen molar-refractivity contribution in [1.29, 1.82) is 0 Å². The largest absolute Gasteiger partial charge is 0.317 e. The monoisotopic (exact) mass is 198 g/mol. The molecule has 0 bridgehead atoms. The lowest BCUT2D eigenvalue weighted by molar-refractivity contribution is 0.0752. The Kier molecular flexibility index (Phi) is 4.39. The Labute approximate surface area is 89.1 Å². The average Bonchev–Trinajstić information content (AvgIpc) is 2.16. The van der Waals surface area contributed by atoms with Gasteiger partial charge in [0.05, 0.1) is 0 Å². The molecule has 1 saturated heterocycles. The molecular formula is C12H26N2. The maximum Gasteiger partial charge on any atom is 0.00927 e. The second-order valence-electron chi connectivity index (χ2n) is 5.08. The van der Waals surface area contributed by atoms with Gasteiger partial charge in [-0.05, 0) is 39.7 Å². The molecule has 0 spiro atoms. The van der Waals surface area contributed by atoms with Gasteiger partial charge in [-0.3, -0.25) is 4.90 Å². The number of hydrogen-bond acceptors (Lipinski definition) is 2. The minimum absolute atomic E-state index is 0.725. The van der Waals surface area contributed by atoms with Crippen LogP contribution in [0.15, 0.2) is 0 Å². The predicted molar refractivity (Wildman–Crippen MR) is 62.5 cm³/mol. The first-order chi connectivity index (χ1) is 6.56. The molecule has 0 aromatic rings. The van der Waals surface area contributed by atoms with Crippen molar-refractivity contribution < 1.29 is 0 Å². The molecule has 14 heavy (non-hydrogen) atoms.